The van der Waals surface area contributed by atoms with E-state index in [1.54, 1.807) is 12.1 Å². The van der Waals surface area contributed by atoms with E-state index in [0.717, 1.165) is 15.6 Å². The van der Waals surface area contributed by atoms with E-state index < -0.39 is 0 Å². The molecule has 92 valence electrons. The third kappa shape index (κ3) is 2.46. The number of anilines is 1. The molecule has 2 nitrogen and oxygen atoms in total. The predicted molar refractivity (Wildman–Crippen MR) is 77.9 cm³/mol. The Labute approximate surface area is 115 Å². The first-order valence-corrected chi connectivity index (χ1v) is 6.45. The van der Waals surface area contributed by atoms with Gasteiger partial charge in [-0.2, -0.15) is 0 Å². The highest BCUT2D eigenvalue weighted by Crippen LogP contribution is 2.21. The van der Waals surface area contributed by atoms with Gasteiger partial charge in [-0.05, 0) is 61.4 Å². The highest BCUT2D eigenvalue weighted by atomic mass is 79.9. The molecule has 0 aliphatic carbocycles. The zero-order valence-corrected chi connectivity index (χ0v) is 11.9. The van der Waals surface area contributed by atoms with E-state index in [1.165, 1.54) is 0 Å². The van der Waals surface area contributed by atoms with Gasteiger partial charge in [-0.15, -0.1) is 0 Å². The van der Waals surface area contributed by atoms with Crippen LogP contribution in [0.15, 0.2) is 40.9 Å². The van der Waals surface area contributed by atoms with Gasteiger partial charge in [0.2, 0.25) is 0 Å². The van der Waals surface area contributed by atoms with E-state index in [4.69, 9.17) is 5.73 Å². The van der Waals surface area contributed by atoms with Crippen molar-refractivity contribution in [3.63, 3.8) is 0 Å². The number of hydrogen-bond acceptors (Lipinski definition) is 2. The van der Waals surface area contributed by atoms with Gasteiger partial charge in [0.05, 0.1) is 0 Å². The lowest BCUT2D eigenvalue weighted by atomic mass is 9.98. The molecule has 18 heavy (non-hydrogen) atoms. The molecular weight excluding hydrogens is 290 g/mol. The van der Waals surface area contributed by atoms with E-state index in [2.05, 4.69) is 15.9 Å². The Bertz CT molecular complexity index is 620. The number of carbonyl (C=O) groups is 1. The lowest BCUT2D eigenvalue weighted by Crippen LogP contribution is -2.04. The smallest absolute Gasteiger partial charge is 0.193 e. The summed E-state index contributed by atoms with van der Waals surface area (Å²) in [6.07, 6.45) is 0. The summed E-state index contributed by atoms with van der Waals surface area (Å²) in [6, 6.07) is 11.0. The fourth-order valence-electron chi connectivity index (χ4n) is 1.88. The maximum atomic E-state index is 12.4. The third-order valence-electron chi connectivity index (χ3n) is 2.92. The molecule has 0 fully saturated rings. The minimum atomic E-state index is 0.0306. The van der Waals surface area contributed by atoms with E-state index >= 15 is 0 Å². The van der Waals surface area contributed by atoms with Gasteiger partial charge in [0.25, 0.3) is 0 Å². The van der Waals surface area contributed by atoms with Crippen molar-refractivity contribution < 1.29 is 4.79 Å². The second kappa shape index (κ2) is 4.94. The number of nitrogens with two attached hydrogens (primary N) is 1. The lowest BCUT2D eigenvalue weighted by molar-refractivity contribution is 0.103. The lowest BCUT2D eigenvalue weighted by Gasteiger charge is -2.07. The SMILES string of the molecule is Cc1cc(C(=O)c2ccc(N)cc2C)ccc1Br. The average molecular weight is 304 g/mol. The first-order valence-electron chi connectivity index (χ1n) is 5.66. The molecule has 3 heteroatoms. The zero-order chi connectivity index (χ0) is 13.3. The van der Waals surface area contributed by atoms with E-state index in [9.17, 15) is 4.79 Å². The molecule has 0 aliphatic heterocycles. The molecule has 0 aliphatic rings. The number of rotatable bonds is 2. The average Bonchev–Trinajstić information content (AvgIpc) is 2.32. The van der Waals surface area contributed by atoms with Gasteiger partial charge in [-0.3, -0.25) is 4.79 Å². The number of halogens is 1. The van der Waals surface area contributed by atoms with Crippen molar-refractivity contribution in [2.24, 2.45) is 0 Å². The Kier molecular flexibility index (Phi) is 3.53. The van der Waals surface area contributed by atoms with Crippen molar-refractivity contribution in [3.05, 3.63) is 63.1 Å². The first kappa shape index (κ1) is 12.8. The Morgan fingerprint density at radius 3 is 2.39 bits per heavy atom. The number of benzene rings is 2. The van der Waals surface area contributed by atoms with Crippen LogP contribution >= 0.6 is 15.9 Å². The van der Waals surface area contributed by atoms with Crippen molar-refractivity contribution in [1.29, 1.82) is 0 Å². The summed E-state index contributed by atoms with van der Waals surface area (Å²) in [5.41, 5.74) is 9.72. The molecule has 0 aromatic heterocycles. The second-order valence-corrected chi connectivity index (χ2v) is 5.22. The molecule has 0 heterocycles. The number of hydrogen-bond donors (Lipinski definition) is 1. The van der Waals surface area contributed by atoms with E-state index in [0.29, 0.717) is 16.8 Å². The van der Waals surface area contributed by atoms with Crippen LogP contribution < -0.4 is 5.73 Å². The Hall–Kier alpha value is -1.61. The molecule has 0 amide bonds. The molecule has 0 unspecified atom stereocenters. The molecule has 2 rings (SSSR count). The zero-order valence-electron chi connectivity index (χ0n) is 10.3. The van der Waals surface area contributed by atoms with Gasteiger partial charge < -0.3 is 5.73 Å². The molecule has 0 saturated carbocycles. The van der Waals surface area contributed by atoms with Crippen LogP contribution in [0.5, 0.6) is 0 Å². The minimum Gasteiger partial charge on any atom is -0.399 e. The Morgan fingerprint density at radius 2 is 1.78 bits per heavy atom. The minimum absolute atomic E-state index is 0.0306. The van der Waals surface area contributed by atoms with Gasteiger partial charge in [0, 0.05) is 21.3 Å². The van der Waals surface area contributed by atoms with Gasteiger partial charge >= 0.3 is 0 Å². The Balaban J connectivity index is 2.44. The number of aryl methyl sites for hydroxylation is 2. The summed E-state index contributed by atoms with van der Waals surface area (Å²) in [4.78, 5) is 12.4. The monoisotopic (exact) mass is 303 g/mol. The third-order valence-corrected chi connectivity index (χ3v) is 3.80. The van der Waals surface area contributed by atoms with Crippen molar-refractivity contribution in [2.45, 2.75) is 13.8 Å². The van der Waals surface area contributed by atoms with Crippen LogP contribution in [0.25, 0.3) is 0 Å². The molecule has 0 radical (unpaired) electrons. The topological polar surface area (TPSA) is 43.1 Å². The molecule has 0 atom stereocenters. The quantitative estimate of drug-likeness (QED) is 0.676. The summed E-state index contributed by atoms with van der Waals surface area (Å²) < 4.78 is 1.01. The maximum absolute atomic E-state index is 12.4. The van der Waals surface area contributed by atoms with Crippen molar-refractivity contribution in [1.82, 2.24) is 0 Å². The van der Waals surface area contributed by atoms with Crippen molar-refractivity contribution >= 4 is 27.4 Å². The van der Waals surface area contributed by atoms with E-state index in [1.807, 2.05) is 38.1 Å². The van der Waals surface area contributed by atoms with Gasteiger partial charge in [0.15, 0.2) is 5.78 Å². The Morgan fingerprint density at radius 1 is 1.06 bits per heavy atom. The normalized spacial score (nSPS) is 10.4. The molecule has 0 saturated heterocycles. The summed E-state index contributed by atoms with van der Waals surface area (Å²) >= 11 is 3.43. The fourth-order valence-corrected chi connectivity index (χ4v) is 2.13. The van der Waals surface area contributed by atoms with Crippen LogP contribution in [0.2, 0.25) is 0 Å². The molecule has 2 aromatic rings. The molecular formula is C15H14BrNO. The van der Waals surface area contributed by atoms with Crippen LogP contribution in [0, 0.1) is 13.8 Å². The highest BCUT2D eigenvalue weighted by molar-refractivity contribution is 9.10. The second-order valence-electron chi connectivity index (χ2n) is 4.37. The number of ketones is 1. The molecule has 0 spiro atoms. The van der Waals surface area contributed by atoms with Crippen molar-refractivity contribution in [2.75, 3.05) is 5.73 Å². The van der Waals surface area contributed by atoms with E-state index in [-0.39, 0.29) is 5.78 Å². The number of carbonyl (C=O) groups excluding carboxylic acids is 1. The van der Waals surface area contributed by atoms with Crippen LogP contribution in [0.1, 0.15) is 27.0 Å². The van der Waals surface area contributed by atoms with Gasteiger partial charge in [-0.25, -0.2) is 0 Å². The molecule has 2 N–H and O–H groups in total. The summed E-state index contributed by atoms with van der Waals surface area (Å²) in [6.45, 7) is 3.87. The highest BCUT2D eigenvalue weighted by Gasteiger charge is 2.12. The van der Waals surface area contributed by atoms with Crippen molar-refractivity contribution in [3.8, 4) is 0 Å². The molecule has 2 aromatic carbocycles. The summed E-state index contributed by atoms with van der Waals surface area (Å²) in [5, 5.41) is 0. The predicted octanol–water partition coefficient (Wildman–Crippen LogP) is 3.88. The van der Waals surface area contributed by atoms with Crippen LogP contribution in [0.4, 0.5) is 5.69 Å². The first-order chi connectivity index (χ1) is 8.49. The van der Waals surface area contributed by atoms with Gasteiger partial charge in [-0.1, -0.05) is 15.9 Å². The van der Waals surface area contributed by atoms with Gasteiger partial charge in [0.1, 0.15) is 0 Å². The van der Waals surface area contributed by atoms with Crippen LogP contribution in [-0.4, -0.2) is 5.78 Å². The summed E-state index contributed by atoms with van der Waals surface area (Å²) in [7, 11) is 0. The number of nitrogen functional groups attached to an aromatic ring is 1. The largest absolute Gasteiger partial charge is 0.399 e. The standard InChI is InChI=1S/C15H14BrNO/c1-9-8-12(17)4-5-13(9)15(18)11-3-6-14(16)10(2)7-11/h3-8H,17H2,1-2H3. The fraction of sp³-hybridized carbons (Fsp3) is 0.133. The van der Waals surface area contributed by atoms with Crippen LogP contribution in [-0.2, 0) is 0 Å². The maximum Gasteiger partial charge on any atom is 0.193 e. The summed E-state index contributed by atoms with van der Waals surface area (Å²) in [5.74, 6) is 0.0306. The van der Waals surface area contributed by atoms with Crippen LogP contribution in [0.3, 0.4) is 0 Å². The molecule has 0 bridgehead atoms.